The predicted octanol–water partition coefficient (Wildman–Crippen LogP) is 2.59. The molecule has 1 aliphatic carbocycles. The maximum atomic E-state index is 11.9. The summed E-state index contributed by atoms with van der Waals surface area (Å²) in [6.07, 6.45) is 10.4. The summed E-state index contributed by atoms with van der Waals surface area (Å²) >= 11 is 0. The molecule has 0 bridgehead atoms. The van der Waals surface area contributed by atoms with Crippen LogP contribution in [0.5, 0.6) is 0 Å². The van der Waals surface area contributed by atoms with E-state index in [9.17, 15) is 9.59 Å². The lowest BCUT2D eigenvalue weighted by atomic mass is 9.97. The Morgan fingerprint density at radius 1 is 1.24 bits per heavy atom. The number of rotatable bonds is 8. The first-order valence-corrected chi connectivity index (χ1v) is 9.78. The van der Waals surface area contributed by atoms with Crippen LogP contribution in [-0.4, -0.2) is 55.7 Å². The van der Waals surface area contributed by atoms with Crippen LogP contribution in [0.1, 0.15) is 58.3 Å². The predicted molar refractivity (Wildman–Crippen MR) is 98.4 cm³/mol. The normalized spacial score (nSPS) is 18.6. The minimum absolute atomic E-state index is 0.118. The molecule has 2 aliphatic rings. The molecule has 0 radical (unpaired) electrons. The molecule has 0 unspecified atom stereocenters. The van der Waals surface area contributed by atoms with Gasteiger partial charge in [0.1, 0.15) is 0 Å². The lowest BCUT2D eigenvalue weighted by molar-refractivity contribution is -0.121. The highest BCUT2D eigenvalue weighted by Gasteiger charge is 2.23. The summed E-state index contributed by atoms with van der Waals surface area (Å²) in [5.74, 6) is 0.118. The van der Waals surface area contributed by atoms with Crippen molar-refractivity contribution in [3.05, 3.63) is 11.6 Å². The van der Waals surface area contributed by atoms with E-state index in [1.54, 1.807) is 4.90 Å². The van der Waals surface area contributed by atoms with Gasteiger partial charge in [-0.25, -0.2) is 4.79 Å². The number of carbonyl (C=O) groups excluding carboxylic acids is 2. The second kappa shape index (κ2) is 11.1. The van der Waals surface area contributed by atoms with Gasteiger partial charge in [-0.2, -0.15) is 0 Å². The van der Waals surface area contributed by atoms with Crippen molar-refractivity contribution in [2.75, 3.05) is 32.8 Å². The molecule has 2 N–H and O–H groups in total. The number of likely N-dealkylation sites (tertiary alicyclic amines) is 1. The molecule has 142 valence electrons. The van der Waals surface area contributed by atoms with E-state index in [0.717, 1.165) is 38.9 Å². The van der Waals surface area contributed by atoms with Crippen molar-refractivity contribution in [2.45, 2.75) is 64.3 Å². The van der Waals surface area contributed by atoms with Crippen molar-refractivity contribution < 1.29 is 14.3 Å². The molecular formula is C19H33N3O3. The largest absolute Gasteiger partial charge is 0.450 e. The molecule has 0 spiro atoms. The lowest BCUT2D eigenvalue weighted by Gasteiger charge is -2.31. The number of piperidine rings is 1. The third-order valence-corrected chi connectivity index (χ3v) is 4.96. The molecule has 2 amide bonds. The van der Waals surface area contributed by atoms with Gasteiger partial charge in [-0.1, -0.05) is 11.6 Å². The van der Waals surface area contributed by atoms with Gasteiger partial charge in [0.2, 0.25) is 5.91 Å². The number of ether oxygens (including phenoxy) is 1. The van der Waals surface area contributed by atoms with E-state index in [1.807, 2.05) is 6.92 Å². The molecule has 0 aromatic carbocycles. The van der Waals surface area contributed by atoms with Gasteiger partial charge >= 0.3 is 6.09 Å². The number of allylic oxidation sites excluding steroid dienone is 1. The fraction of sp³-hybridized carbons (Fsp3) is 0.789. The molecule has 2 rings (SSSR count). The van der Waals surface area contributed by atoms with Gasteiger partial charge in [0.05, 0.1) is 6.61 Å². The van der Waals surface area contributed by atoms with Gasteiger partial charge in [0.25, 0.3) is 0 Å². The summed E-state index contributed by atoms with van der Waals surface area (Å²) in [7, 11) is 0. The van der Waals surface area contributed by atoms with Crippen molar-refractivity contribution in [3.63, 3.8) is 0 Å². The number of nitrogens with one attached hydrogen (secondary N) is 2. The molecule has 0 aromatic heterocycles. The van der Waals surface area contributed by atoms with E-state index in [0.29, 0.717) is 25.6 Å². The number of carbonyl (C=O) groups is 2. The average Bonchev–Trinajstić information content (AvgIpc) is 2.63. The van der Waals surface area contributed by atoms with Gasteiger partial charge in [-0.05, 0) is 51.9 Å². The fourth-order valence-corrected chi connectivity index (χ4v) is 3.45. The Kier molecular flexibility index (Phi) is 8.80. The molecule has 1 heterocycles. The summed E-state index contributed by atoms with van der Waals surface area (Å²) < 4.78 is 5.02. The van der Waals surface area contributed by atoms with Crippen molar-refractivity contribution in [2.24, 2.45) is 0 Å². The highest BCUT2D eigenvalue weighted by molar-refractivity contribution is 5.76. The monoisotopic (exact) mass is 351 g/mol. The first-order valence-electron chi connectivity index (χ1n) is 9.78. The van der Waals surface area contributed by atoms with Crippen LogP contribution in [0.4, 0.5) is 4.79 Å². The van der Waals surface area contributed by atoms with E-state index < -0.39 is 0 Å². The molecule has 1 aliphatic heterocycles. The van der Waals surface area contributed by atoms with Gasteiger partial charge in [0.15, 0.2) is 0 Å². The summed E-state index contributed by atoms with van der Waals surface area (Å²) in [5.41, 5.74) is 1.50. The molecule has 0 aromatic rings. The van der Waals surface area contributed by atoms with E-state index in [2.05, 4.69) is 16.7 Å². The first-order chi connectivity index (χ1) is 12.2. The van der Waals surface area contributed by atoms with Crippen molar-refractivity contribution in [3.8, 4) is 0 Å². The SMILES string of the molecule is CCOC(=O)N1CCC(NCCC(=O)NCCC2=CCCCC2)CC1. The molecule has 25 heavy (non-hydrogen) atoms. The number of hydrogen-bond donors (Lipinski definition) is 2. The van der Waals surface area contributed by atoms with Crippen LogP contribution >= 0.6 is 0 Å². The molecule has 6 heteroatoms. The minimum atomic E-state index is -0.214. The highest BCUT2D eigenvalue weighted by atomic mass is 16.6. The van der Waals surface area contributed by atoms with Crippen LogP contribution in [0.15, 0.2) is 11.6 Å². The van der Waals surface area contributed by atoms with Crippen molar-refractivity contribution in [1.29, 1.82) is 0 Å². The number of amides is 2. The standard InChI is InChI=1S/C19H33N3O3/c1-2-25-19(24)22-14-10-17(11-15-22)20-13-9-18(23)21-12-8-16-6-4-3-5-7-16/h6,17,20H,2-5,7-15H2,1H3,(H,21,23). The quantitative estimate of drug-likeness (QED) is 0.660. The van der Waals surface area contributed by atoms with Crippen molar-refractivity contribution >= 4 is 12.0 Å². The van der Waals surface area contributed by atoms with Gasteiger partial charge in [-0.3, -0.25) is 4.79 Å². The topological polar surface area (TPSA) is 70.7 Å². The van der Waals surface area contributed by atoms with Gasteiger partial charge in [-0.15, -0.1) is 0 Å². The Morgan fingerprint density at radius 3 is 2.72 bits per heavy atom. The molecule has 0 atom stereocenters. The second-order valence-corrected chi connectivity index (χ2v) is 6.87. The van der Waals surface area contributed by atoms with E-state index in [4.69, 9.17) is 4.74 Å². The smallest absolute Gasteiger partial charge is 0.409 e. The minimum Gasteiger partial charge on any atom is -0.450 e. The Balaban J connectivity index is 1.50. The zero-order valence-electron chi connectivity index (χ0n) is 15.5. The molecule has 0 saturated carbocycles. The second-order valence-electron chi connectivity index (χ2n) is 6.87. The summed E-state index contributed by atoms with van der Waals surface area (Å²) in [5, 5.41) is 6.45. The van der Waals surface area contributed by atoms with Crippen LogP contribution in [0.25, 0.3) is 0 Å². The Bertz CT molecular complexity index is 457. The summed E-state index contributed by atoms with van der Waals surface area (Å²) in [6, 6.07) is 0.380. The maximum Gasteiger partial charge on any atom is 0.409 e. The van der Waals surface area contributed by atoms with Crippen molar-refractivity contribution in [1.82, 2.24) is 15.5 Å². The van der Waals surface area contributed by atoms with E-state index in [1.165, 1.54) is 31.3 Å². The zero-order valence-corrected chi connectivity index (χ0v) is 15.5. The fourth-order valence-electron chi connectivity index (χ4n) is 3.45. The van der Waals surface area contributed by atoms with Gasteiger partial charge in [0, 0.05) is 38.6 Å². The maximum absolute atomic E-state index is 11.9. The Hall–Kier alpha value is -1.56. The summed E-state index contributed by atoms with van der Waals surface area (Å²) in [4.78, 5) is 25.3. The lowest BCUT2D eigenvalue weighted by Crippen LogP contribution is -2.45. The van der Waals surface area contributed by atoms with E-state index >= 15 is 0 Å². The van der Waals surface area contributed by atoms with Crippen LogP contribution in [0.3, 0.4) is 0 Å². The Morgan fingerprint density at radius 2 is 2.04 bits per heavy atom. The molecule has 1 fully saturated rings. The average molecular weight is 351 g/mol. The Labute approximate surface area is 151 Å². The molecule has 1 saturated heterocycles. The van der Waals surface area contributed by atoms with Crippen LogP contribution in [-0.2, 0) is 9.53 Å². The van der Waals surface area contributed by atoms with Crippen LogP contribution in [0.2, 0.25) is 0 Å². The zero-order chi connectivity index (χ0) is 17.9. The van der Waals surface area contributed by atoms with Gasteiger partial charge < -0.3 is 20.3 Å². The highest BCUT2D eigenvalue weighted by Crippen LogP contribution is 2.19. The third-order valence-electron chi connectivity index (χ3n) is 4.96. The third kappa shape index (κ3) is 7.46. The number of nitrogens with zero attached hydrogens (tertiary/aromatic N) is 1. The number of hydrogen-bond acceptors (Lipinski definition) is 4. The van der Waals surface area contributed by atoms with E-state index in [-0.39, 0.29) is 12.0 Å². The summed E-state index contributed by atoms with van der Waals surface area (Å²) in [6.45, 7) is 5.13. The first kappa shape index (κ1) is 19.8. The molecular weight excluding hydrogens is 318 g/mol. The molecule has 6 nitrogen and oxygen atoms in total. The van der Waals surface area contributed by atoms with Crippen LogP contribution in [0, 0.1) is 0 Å². The van der Waals surface area contributed by atoms with Crippen LogP contribution < -0.4 is 10.6 Å².